The van der Waals surface area contributed by atoms with Crippen molar-refractivity contribution in [2.75, 3.05) is 13.1 Å². The molecule has 1 fully saturated rings. The maximum absolute atomic E-state index is 6.02. The van der Waals surface area contributed by atoms with Gasteiger partial charge >= 0.3 is 0 Å². The molecule has 1 aromatic rings. The first-order valence-corrected chi connectivity index (χ1v) is 7.30. The van der Waals surface area contributed by atoms with E-state index in [1.54, 1.807) is 11.1 Å². The molecule has 18 heavy (non-hydrogen) atoms. The lowest BCUT2D eigenvalue weighted by atomic mass is 9.90. The van der Waals surface area contributed by atoms with Crippen LogP contribution in [0.25, 0.3) is 0 Å². The summed E-state index contributed by atoms with van der Waals surface area (Å²) < 4.78 is 0. The molecule has 2 nitrogen and oxygen atoms in total. The van der Waals surface area contributed by atoms with Crippen molar-refractivity contribution in [3.8, 4) is 0 Å². The molecule has 1 saturated heterocycles. The van der Waals surface area contributed by atoms with Crippen LogP contribution in [0.1, 0.15) is 30.9 Å². The molecule has 98 valence electrons. The van der Waals surface area contributed by atoms with E-state index in [0.29, 0.717) is 6.04 Å². The number of hydrogen-bond acceptors (Lipinski definition) is 2. The molecular formula is C16H24N2. The number of nitrogens with zero attached hydrogens (tertiary/aromatic N) is 1. The highest BCUT2D eigenvalue weighted by atomic mass is 15.2. The number of piperidine rings is 1. The third-order valence-corrected chi connectivity index (χ3v) is 4.86. The molecule has 0 radical (unpaired) electrons. The van der Waals surface area contributed by atoms with Crippen LogP contribution in [0, 0.1) is 5.92 Å². The molecule has 0 amide bonds. The van der Waals surface area contributed by atoms with Crippen molar-refractivity contribution in [1.82, 2.24) is 4.90 Å². The van der Waals surface area contributed by atoms with Gasteiger partial charge < -0.3 is 5.73 Å². The molecule has 1 aliphatic carbocycles. The second kappa shape index (κ2) is 5.02. The third kappa shape index (κ3) is 2.32. The molecule has 1 aliphatic heterocycles. The number of hydrogen-bond donors (Lipinski definition) is 1. The summed E-state index contributed by atoms with van der Waals surface area (Å²) in [6.07, 6.45) is 5.06. The molecule has 2 N–H and O–H groups in total. The standard InChI is InChI=1S/C16H24N2/c1-12(17)13-6-8-18(9-7-13)16-10-14-4-2-3-5-15(14)11-16/h2-5,12-13,16H,6-11,17H2,1H3. The maximum atomic E-state index is 6.02. The summed E-state index contributed by atoms with van der Waals surface area (Å²) in [5.74, 6) is 0.741. The van der Waals surface area contributed by atoms with Crippen molar-refractivity contribution in [3.63, 3.8) is 0 Å². The average Bonchev–Trinajstić information content (AvgIpc) is 2.82. The molecule has 0 bridgehead atoms. The van der Waals surface area contributed by atoms with Gasteiger partial charge in [-0.25, -0.2) is 0 Å². The first kappa shape index (κ1) is 12.2. The van der Waals surface area contributed by atoms with Crippen LogP contribution in [0.15, 0.2) is 24.3 Å². The normalized spacial score (nSPS) is 24.1. The zero-order valence-corrected chi connectivity index (χ0v) is 11.3. The third-order valence-electron chi connectivity index (χ3n) is 4.86. The first-order valence-electron chi connectivity index (χ1n) is 7.30. The molecule has 2 heteroatoms. The summed E-state index contributed by atoms with van der Waals surface area (Å²) in [7, 11) is 0. The van der Waals surface area contributed by atoms with Gasteiger partial charge in [0.2, 0.25) is 0 Å². The van der Waals surface area contributed by atoms with E-state index in [-0.39, 0.29) is 0 Å². The van der Waals surface area contributed by atoms with E-state index in [4.69, 9.17) is 5.73 Å². The molecule has 1 heterocycles. The van der Waals surface area contributed by atoms with E-state index in [0.717, 1.165) is 12.0 Å². The Morgan fingerprint density at radius 2 is 1.67 bits per heavy atom. The van der Waals surface area contributed by atoms with Crippen LogP contribution in [-0.4, -0.2) is 30.1 Å². The quantitative estimate of drug-likeness (QED) is 0.864. The summed E-state index contributed by atoms with van der Waals surface area (Å²) in [6.45, 7) is 4.64. The lowest BCUT2D eigenvalue weighted by molar-refractivity contribution is 0.128. The number of fused-ring (bicyclic) bond motifs is 1. The molecule has 0 aromatic heterocycles. The summed E-state index contributed by atoms with van der Waals surface area (Å²) in [6, 6.07) is 10.0. The van der Waals surface area contributed by atoms with Gasteiger partial charge in [-0.05, 0) is 62.7 Å². The van der Waals surface area contributed by atoms with Crippen molar-refractivity contribution < 1.29 is 0 Å². The van der Waals surface area contributed by atoms with Crippen LogP contribution < -0.4 is 5.73 Å². The molecule has 3 rings (SSSR count). The summed E-state index contributed by atoms with van der Waals surface area (Å²) in [5.41, 5.74) is 9.15. The summed E-state index contributed by atoms with van der Waals surface area (Å²) >= 11 is 0. The first-order chi connectivity index (χ1) is 8.74. The second-order valence-electron chi connectivity index (χ2n) is 6.06. The highest BCUT2D eigenvalue weighted by Crippen LogP contribution is 2.29. The Balaban J connectivity index is 1.60. The zero-order valence-electron chi connectivity index (χ0n) is 11.3. The summed E-state index contributed by atoms with van der Waals surface area (Å²) in [5, 5.41) is 0. The molecule has 1 unspecified atom stereocenters. The van der Waals surface area contributed by atoms with Gasteiger partial charge in [-0.1, -0.05) is 24.3 Å². The Morgan fingerprint density at radius 3 is 2.17 bits per heavy atom. The van der Waals surface area contributed by atoms with Gasteiger partial charge in [-0.3, -0.25) is 4.90 Å². The van der Waals surface area contributed by atoms with Gasteiger partial charge in [0.1, 0.15) is 0 Å². The van der Waals surface area contributed by atoms with Gasteiger partial charge in [0.25, 0.3) is 0 Å². The van der Waals surface area contributed by atoms with E-state index in [1.807, 2.05) is 0 Å². The number of likely N-dealkylation sites (tertiary alicyclic amines) is 1. The van der Waals surface area contributed by atoms with Gasteiger partial charge in [0.05, 0.1) is 0 Å². The van der Waals surface area contributed by atoms with Crippen LogP contribution >= 0.6 is 0 Å². The molecule has 0 spiro atoms. The Hall–Kier alpha value is -0.860. The molecular weight excluding hydrogens is 220 g/mol. The predicted octanol–water partition coefficient (Wildman–Crippen LogP) is 2.21. The zero-order chi connectivity index (χ0) is 12.5. The molecule has 1 atom stereocenters. The Kier molecular flexibility index (Phi) is 3.40. The Morgan fingerprint density at radius 1 is 1.11 bits per heavy atom. The highest BCUT2D eigenvalue weighted by molar-refractivity contribution is 5.33. The van der Waals surface area contributed by atoms with Crippen molar-refractivity contribution in [3.05, 3.63) is 35.4 Å². The smallest absolute Gasteiger partial charge is 0.0176 e. The summed E-state index contributed by atoms with van der Waals surface area (Å²) in [4.78, 5) is 2.69. The van der Waals surface area contributed by atoms with Crippen molar-refractivity contribution in [1.29, 1.82) is 0 Å². The van der Waals surface area contributed by atoms with Crippen LogP contribution in [0.3, 0.4) is 0 Å². The average molecular weight is 244 g/mol. The van der Waals surface area contributed by atoms with Crippen LogP contribution in [0.5, 0.6) is 0 Å². The van der Waals surface area contributed by atoms with Gasteiger partial charge in [-0.2, -0.15) is 0 Å². The highest BCUT2D eigenvalue weighted by Gasteiger charge is 2.30. The fraction of sp³-hybridized carbons (Fsp3) is 0.625. The van der Waals surface area contributed by atoms with Gasteiger partial charge in [-0.15, -0.1) is 0 Å². The second-order valence-corrected chi connectivity index (χ2v) is 6.06. The Bertz CT molecular complexity index is 380. The largest absolute Gasteiger partial charge is 0.328 e. The van der Waals surface area contributed by atoms with Crippen LogP contribution in [0.2, 0.25) is 0 Å². The predicted molar refractivity (Wildman–Crippen MR) is 75.6 cm³/mol. The van der Waals surface area contributed by atoms with Crippen LogP contribution in [-0.2, 0) is 12.8 Å². The van der Waals surface area contributed by atoms with Crippen molar-refractivity contribution >= 4 is 0 Å². The van der Waals surface area contributed by atoms with Crippen molar-refractivity contribution in [2.24, 2.45) is 11.7 Å². The minimum Gasteiger partial charge on any atom is -0.328 e. The number of benzene rings is 1. The van der Waals surface area contributed by atoms with E-state index >= 15 is 0 Å². The van der Waals surface area contributed by atoms with Crippen LogP contribution in [0.4, 0.5) is 0 Å². The monoisotopic (exact) mass is 244 g/mol. The maximum Gasteiger partial charge on any atom is 0.0176 e. The molecule has 1 aromatic carbocycles. The van der Waals surface area contributed by atoms with Gasteiger partial charge in [0, 0.05) is 12.1 Å². The van der Waals surface area contributed by atoms with Gasteiger partial charge in [0.15, 0.2) is 0 Å². The van der Waals surface area contributed by atoms with E-state index in [2.05, 4.69) is 36.1 Å². The topological polar surface area (TPSA) is 29.3 Å². The lowest BCUT2D eigenvalue weighted by Gasteiger charge is -2.37. The van der Waals surface area contributed by atoms with E-state index in [1.165, 1.54) is 38.8 Å². The molecule has 2 aliphatic rings. The molecule has 0 saturated carbocycles. The van der Waals surface area contributed by atoms with E-state index < -0.39 is 0 Å². The minimum atomic E-state index is 0.368. The SMILES string of the molecule is CC(N)C1CCN(C2Cc3ccccc3C2)CC1. The fourth-order valence-corrected chi connectivity index (χ4v) is 3.60. The number of nitrogens with two attached hydrogens (primary N) is 1. The van der Waals surface area contributed by atoms with Crippen molar-refractivity contribution in [2.45, 2.75) is 44.7 Å². The lowest BCUT2D eigenvalue weighted by Crippen LogP contribution is -2.44. The fourth-order valence-electron chi connectivity index (χ4n) is 3.60. The number of rotatable bonds is 2. The minimum absolute atomic E-state index is 0.368. The Labute approximate surface area is 110 Å². The van der Waals surface area contributed by atoms with E-state index in [9.17, 15) is 0 Å².